The van der Waals surface area contributed by atoms with E-state index < -0.39 is 0 Å². The molecule has 0 unspecified atom stereocenters. The summed E-state index contributed by atoms with van der Waals surface area (Å²) in [5.74, 6) is 3.39. The molecule has 8 nitrogen and oxygen atoms in total. The zero-order valence-electron chi connectivity index (χ0n) is 21.1. The van der Waals surface area contributed by atoms with Gasteiger partial charge in [-0.15, -0.1) is 0 Å². The fraction of sp³-hybridized carbons (Fsp3) is 0.214. The number of hydrogen-bond acceptors (Lipinski definition) is 8. The van der Waals surface area contributed by atoms with Gasteiger partial charge in [-0.25, -0.2) is 0 Å². The lowest BCUT2D eigenvalue weighted by Crippen LogP contribution is -1.96. The van der Waals surface area contributed by atoms with E-state index >= 15 is 0 Å². The van der Waals surface area contributed by atoms with Crippen LogP contribution >= 0.6 is 0 Å². The summed E-state index contributed by atoms with van der Waals surface area (Å²) >= 11 is 0. The second-order valence-electron chi connectivity index (χ2n) is 7.69. The molecule has 2 aromatic carbocycles. The van der Waals surface area contributed by atoms with E-state index in [0.717, 1.165) is 33.6 Å². The Kier molecular flexibility index (Phi) is 7.44. The molecule has 2 heterocycles. The van der Waals surface area contributed by atoms with E-state index in [4.69, 9.17) is 28.4 Å². The first-order valence-corrected chi connectivity index (χ1v) is 11.1. The highest BCUT2D eigenvalue weighted by Crippen LogP contribution is 2.43. The molecule has 0 aliphatic carbocycles. The van der Waals surface area contributed by atoms with Gasteiger partial charge in [0, 0.05) is 12.4 Å². The van der Waals surface area contributed by atoms with Crippen LogP contribution in [0.25, 0.3) is 33.6 Å². The lowest BCUT2D eigenvalue weighted by atomic mass is 10.0. The van der Waals surface area contributed by atoms with Crippen molar-refractivity contribution in [3.8, 4) is 68.1 Å². The number of rotatable bonds is 9. The molecule has 8 heteroatoms. The third kappa shape index (κ3) is 4.70. The molecule has 186 valence electrons. The molecule has 0 radical (unpaired) electrons. The monoisotopic (exact) mass is 488 g/mol. The first kappa shape index (κ1) is 24.7. The Balaban J connectivity index is 1.76. The van der Waals surface area contributed by atoms with Gasteiger partial charge in [-0.3, -0.25) is 9.97 Å². The molecule has 0 aliphatic rings. The predicted molar refractivity (Wildman–Crippen MR) is 138 cm³/mol. The highest BCUT2D eigenvalue weighted by Gasteiger charge is 2.17. The number of nitrogens with zero attached hydrogens (tertiary/aromatic N) is 2. The van der Waals surface area contributed by atoms with Crippen molar-refractivity contribution in [3.05, 3.63) is 60.9 Å². The Bertz CT molecular complexity index is 1220. The summed E-state index contributed by atoms with van der Waals surface area (Å²) in [5.41, 5.74) is 5.09. The van der Waals surface area contributed by atoms with Gasteiger partial charge in [-0.1, -0.05) is 0 Å². The van der Waals surface area contributed by atoms with Gasteiger partial charge in [0.1, 0.15) is 0 Å². The summed E-state index contributed by atoms with van der Waals surface area (Å²) < 4.78 is 32.9. The van der Waals surface area contributed by atoms with Crippen LogP contribution in [0.5, 0.6) is 34.5 Å². The highest BCUT2D eigenvalue weighted by molar-refractivity contribution is 5.77. The van der Waals surface area contributed by atoms with E-state index in [1.165, 1.54) is 0 Å². The van der Waals surface area contributed by atoms with Gasteiger partial charge in [-0.2, -0.15) is 0 Å². The Hall–Kier alpha value is -4.46. The third-order valence-corrected chi connectivity index (χ3v) is 5.78. The minimum absolute atomic E-state index is 0.540. The fourth-order valence-electron chi connectivity index (χ4n) is 4.00. The Labute approximate surface area is 210 Å². The second kappa shape index (κ2) is 10.9. The zero-order chi connectivity index (χ0) is 25.7. The number of hydrogen-bond donors (Lipinski definition) is 0. The van der Waals surface area contributed by atoms with E-state index in [9.17, 15) is 0 Å². The summed E-state index contributed by atoms with van der Waals surface area (Å²) in [4.78, 5) is 9.13. The van der Waals surface area contributed by atoms with Crippen molar-refractivity contribution in [3.63, 3.8) is 0 Å². The van der Waals surface area contributed by atoms with Gasteiger partial charge in [-0.05, 0) is 70.8 Å². The smallest absolute Gasteiger partial charge is 0.203 e. The molecule has 0 fully saturated rings. The standard InChI is InChI=1S/C28H28N2O6/c1-31-23-13-19(14-24(32-2)27(23)35-5)17-7-9-29-21(11-17)22-12-18(8-10-30-22)20-15-25(33-3)28(36-6)26(16-20)34-4/h7-16H,1-6H3. The van der Waals surface area contributed by atoms with Crippen LogP contribution in [0.4, 0.5) is 0 Å². The summed E-state index contributed by atoms with van der Waals surface area (Å²) in [6, 6.07) is 15.4. The van der Waals surface area contributed by atoms with Crippen LogP contribution in [0, 0.1) is 0 Å². The molecule has 36 heavy (non-hydrogen) atoms. The van der Waals surface area contributed by atoms with Gasteiger partial charge in [0.05, 0.1) is 54.0 Å². The molecule has 0 saturated heterocycles. The topological polar surface area (TPSA) is 81.2 Å². The van der Waals surface area contributed by atoms with Crippen molar-refractivity contribution in [1.82, 2.24) is 9.97 Å². The Morgan fingerprint density at radius 1 is 0.417 bits per heavy atom. The van der Waals surface area contributed by atoms with Crippen LogP contribution in [0.1, 0.15) is 0 Å². The van der Waals surface area contributed by atoms with Crippen molar-refractivity contribution >= 4 is 0 Å². The number of methoxy groups -OCH3 is 6. The van der Waals surface area contributed by atoms with Crippen molar-refractivity contribution < 1.29 is 28.4 Å². The van der Waals surface area contributed by atoms with E-state index in [0.29, 0.717) is 34.5 Å². The van der Waals surface area contributed by atoms with Crippen molar-refractivity contribution in [1.29, 1.82) is 0 Å². The van der Waals surface area contributed by atoms with Crippen LogP contribution < -0.4 is 28.4 Å². The van der Waals surface area contributed by atoms with Gasteiger partial charge in [0.15, 0.2) is 23.0 Å². The maximum Gasteiger partial charge on any atom is 0.203 e. The quantitative estimate of drug-likeness (QED) is 0.304. The highest BCUT2D eigenvalue weighted by atomic mass is 16.5. The second-order valence-corrected chi connectivity index (χ2v) is 7.69. The summed E-state index contributed by atoms with van der Waals surface area (Å²) in [5, 5.41) is 0. The summed E-state index contributed by atoms with van der Waals surface area (Å²) in [6.07, 6.45) is 3.50. The van der Waals surface area contributed by atoms with Crippen LogP contribution in [-0.4, -0.2) is 52.6 Å². The van der Waals surface area contributed by atoms with E-state index in [1.54, 1.807) is 55.1 Å². The minimum atomic E-state index is 0.540. The van der Waals surface area contributed by atoms with Crippen LogP contribution in [-0.2, 0) is 0 Å². The maximum atomic E-state index is 5.51. The number of ether oxygens (including phenoxy) is 6. The molecule has 0 atom stereocenters. The largest absolute Gasteiger partial charge is 0.493 e. The van der Waals surface area contributed by atoms with Gasteiger partial charge in [0.25, 0.3) is 0 Å². The minimum Gasteiger partial charge on any atom is -0.493 e. The Morgan fingerprint density at radius 2 is 0.750 bits per heavy atom. The number of aromatic nitrogens is 2. The van der Waals surface area contributed by atoms with Crippen molar-refractivity contribution in [2.24, 2.45) is 0 Å². The SMILES string of the molecule is COc1cc(-c2ccnc(-c3cc(-c4cc(OC)c(OC)c(OC)c4)ccn3)c2)cc(OC)c1OC. The molecule has 4 rings (SSSR count). The molecular weight excluding hydrogens is 460 g/mol. The zero-order valence-corrected chi connectivity index (χ0v) is 21.1. The Morgan fingerprint density at radius 3 is 1.03 bits per heavy atom. The number of pyridine rings is 2. The van der Waals surface area contributed by atoms with Gasteiger partial charge < -0.3 is 28.4 Å². The molecule has 0 saturated carbocycles. The molecule has 4 aromatic rings. The summed E-state index contributed by atoms with van der Waals surface area (Å²) in [6.45, 7) is 0. The van der Waals surface area contributed by atoms with Crippen molar-refractivity contribution in [2.75, 3.05) is 42.7 Å². The molecule has 0 bridgehead atoms. The predicted octanol–water partition coefficient (Wildman–Crippen LogP) is 5.53. The molecule has 0 spiro atoms. The van der Waals surface area contributed by atoms with Crippen LogP contribution in [0.3, 0.4) is 0 Å². The molecule has 0 N–H and O–H groups in total. The first-order valence-electron chi connectivity index (χ1n) is 11.1. The van der Waals surface area contributed by atoms with Crippen molar-refractivity contribution in [2.45, 2.75) is 0 Å². The molecule has 0 aliphatic heterocycles. The lowest BCUT2D eigenvalue weighted by Gasteiger charge is -2.15. The molecular formula is C28H28N2O6. The fourth-order valence-corrected chi connectivity index (χ4v) is 4.00. The first-order chi connectivity index (χ1) is 17.6. The van der Waals surface area contributed by atoms with E-state index in [1.807, 2.05) is 48.5 Å². The van der Waals surface area contributed by atoms with Gasteiger partial charge in [0.2, 0.25) is 11.5 Å². The summed E-state index contributed by atoms with van der Waals surface area (Å²) in [7, 11) is 9.54. The normalized spacial score (nSPS) is 10.5. The van der Waals surface area contributed by atoms with E-state index in [2.05, 4.69) is 9.97 Å². The average Bonchev–Trinajstić information content (AvgIpc) is 2.95. The molecule has 0 amide bonds. The maximum absolute atomic E-state index is 5.51. The van der Waals surface area contributed by atoms with Gasteiger partial charge >= 0.3 is 0 Å². The number of benzene rings is 2. The van der Waals surface area contributed by atoms with E-state index in [-0.39, 0.29) is 0 Å². The average molecular weight is 489 g/mol. The molecule has 2 aromatic heterocycles. The third-order valence-electron chi connectivity index (χ3n) is 5.78. The van der Waals surface area contributed by atoms with Crippen LogP contribution in [0.2, 0.25) is 0 Å². The lowest BCUT2D eigenvalue weighted by molar-refractivity contribution is 0.324. The van der Waals surface area contributed by atoms with Crippen LogP contribution in [0.15, 0.2) is 60.9 Å².